The molecule has 0 radical (unpaired) electrons. The number of hydrogen-bond donors (Lipinski definition) is 1. The highest BCUT2D eigenvalue weighted by Gasteiger charge is 2.51. The molecule has 1 saturated heterocycles. The molecule has 1 aromatic heterocycles. The van der Waals surface area contributed by atoms with Crippen molar-refractivity contribution in [2.45, 2.75) is 71.8 Å². The van der Waals surface area contributed by atoms with Crippen LogP contribution in [0.25, 0.3) is 0 Å². The molecule has 1 N–H and O–H groups in total. The molecule has 132 valence electrons. The van der Waals surface area contributed by atoms with Gasteiger partial charge in [-0.1, -0.05) is 0 Å². The number of hydrogen-bond acceptors (Lipinski definition) is 5. The van der Waals surface area contributed by atoms with Gasteiger partial charge in [0.15, 0.2) is 0 Å². The Labute approximate surface area is 144 Å². The lowest BCUT2D eigenvalue weighted by atomic mass is 9.79. The molecular formula is C17H27BN2O4. The van der Waals surface area contributed by atoms with Gasteiger partial charge in [-0.15, -0.1) is 0 Å². The fourth-order valence-corrected chi connectivity index (χ4v) is 2.20. The van der Waals surface area contributed by atoms with Crippen LogP contribution in [0.4, 0.5) is 4.79 Å². The number of carbonyl (C=O) groups excluding carboxylic acids is 1. The maximum absolute atomic E-state index is 11.7. The lowest BCUT2D eigenvalue weighted by Crippen LogP contribution is -2.41. The van der Waals surface area contributed by atoms with Crippen LogP contribution in [0.15, 0.2) is 18.3 Å². The van der Waals surface area contributed by atoms with E-state index in [0.717, 1.165) is 5.46 Å². The van der Waals surface area contributed by atoms with E-state index < -0.39 is 30.0 Å². The second-order valence-electron chi connectivity index (χ2n) is 8.02. The number of pyridine rings is 1. The van der Waals surface area contributed by atoms with Gasteiger partial charge in [-0.25, -0.2) is 4.79 Å². The van der Waals surface area contributed by atoms with Crippen LogP contribution in [0.5, 0.6) is 0 Å². The normalized spacial score (nSPS) is 19.2. The third-order valence-electron chi connectivity index (χ3n) is 4.18. The summed E-state index contributed by atoms with van der Waals surface area (Å²) in [6.45, 7) is 13.8. The number of carbonyl (C=O) groups is 1. The fourth-order valence-electron chi connectivity index (χ4n) is 2.20. The number of ether oxygens (including phenoxy) is 1. The van der Waals surface area contributed by atoms with Crippen molar-refractivity contribution in [1.29, 1.82) is 0 Å². The predicted octanol–water partition coefficient (Wildman–Crippen LogP) is 2.41. The Balaban J connectivity index is 2.01. The van der Waals surface area contributed by atoms with Gasteiger partial charge in [0.2, 0.25) is 0 Å². The zero-order valence-corrected chi connectivity index (χ0v) is 15.6. The Kier molecular flexibility index (Phi) is 4.97. The lowest BCUT2D eigenvalue weighted by molar-refractivity contribution is 0.00578. The first-order valence-electron chi connectivity index (χ1n) is 8.17. The van der Waals surface area contributed by atoms with E-state index in [4.69, 9.17) is 14.0 Å². The summed E-state index contributed by atoms with van der Waals surface area (Å²) in [5.41, 5.74) is 0.283. The van der Waals surface area contributed by atoms with E-state index in [2.05, 4.69) is 10.3 Å². The summed E-state index contributed by atoms with van der Waals surface area (Å²) in [6.07, 6.45) is 1.22. The SMILES string of the molecule is CC(C)(C)OC(=O)NCc1cc(B2OC(C)(C)C(C)(C)O2)ccn1. The van der Waals surface area contributed by atoms with Gasteiger partial charge in [0.05, 0.1) is 23.4 Å². The third-order valence-corrected chi connectivity index (χ3v) is 4.18. The Bertz CT molecular complexity index is 595. The highest BCUT2D eigenvalue weighted by atomic mass is 16.7. The van der Waals surface area contributed by atoms with Crippen LogP contribution in [0.2, 0.25) is 0 Å². The number of aromatic nitrogens is 1. The average molecular weight is 334 g/mol. The van der Waals surface area contributed by atoms with Crippen molar-refractivity contribution in [2.75, 3.05) is 0 Å². The average Bonchev–Trinajstić information content (AvgIpc) is 2.64. The molecule has 7 heteroatoms. The van der Waals surface area contributed by atoms with Crippen molar-refractivity contribution >= 4 is 18.7 Å². The Morgan fingerprint density at radius 1 is 1.25 bits per heavy atom. The monoisotopic (exact) mass is 334 g/mol. The second-order valence-corrected chi connectivity index (χ2v) is 8.02. The molecule has 0 aromatic carbocycles. The van der Waals surface area contributed by atoms with E-state index in [1.165, 1.54) is 0 Å². The molecule has 0 unspecified atom stereocenters. The molecule has 1 fully saturated rings. The first-order chi connectivity index (χ1) is 10.9. The predicted molar refractivity (Wildman–Crippen MR) is 93.0 cm³/mol. The van der Waals surface area contributed by atoms with Crippen LogP contribution in [0.3, 0.4) is 0 Å². The van der Waals surface area contributed by atoms with Gasteiger partial charge < -0.3 is 19.4 Å². The van der Waals surface area contributed by atoms with Gasteiger partial charge in [-0.2, -0.15) is 0 Å². The maximum Gasteiger partial charge on any atom is 0.494 e. The molecule has 24 heavy (non-hydrogen) atoms. The van der Waals surface area contributed by atoms with Crippen LogP contribution in [-0.2, 0) is 20.6 Å². The van der Waals surface area contributed by atoms with Gasteiger partial charge in [0, 0.05) is 6.20 Å². The largest absolute Gasteiger partial charge is 0.494 e. The highest BCUT2D eigenvalue weighted by molar-refractivity contribution is 6.62. The van der Waals surface area contributed by atoms with Gasteiger partial charge in [0.1, 0.15) is 5.60 Å². The highest BCUT2D eigenvalue weighted by Crippen LogP contribution is 2.36. The summed E-state index contributed by atoms with van der Waals surface area (Å²) < 4.78 is 17.3. The topological polar surface area (TPSA) is 69.7 Å². The molecule has 1 amide bonds. The number of rotatable bonds is 3. The molecule has 0 bridgehead atoms. The summed E-state index contributed by atoms with van der Waals surface area (Å²) >= 11 is 0. The minimum absolute atomic E-state index is 0.280. The fraction of sp³-hybridized carbons (Fsp3) is 0.647. The molecule has 1 aliphatic rings. The van der Waals surface area contributed by atoms with Gasteiger partial charge >= 0.3 is 13.2 Å². The van der Waals surface area contributed by atoms with Crippen LogP contribution in [0, 0.1) is 0 Å². The van der Waals surface area contributed by atoms with Gasteiger partial charge in [0.25, 0.3) is 0 Å². The quantitative estimate of drug-likeness (QED) is 0.860. The summed E-state index contributed by atoms with van der Waals surface area (Å²) in [5.74, 6) is 0. The maximum atomic E-state index is 11.7. The number of nitrogens with zero attached hydrogens (tertiary/aromatic N) is 1. The van der Waals surface area contributed by atoms with Crippen molar-refractivity contribution in [3.8, 4) is 0 Å². The molecule has 2 rings (SSSR count). The zero-order valence-electron chi connectivity index (χ0n) is 15.6. The Morgan fingerprint density at radius 2 is 1.83 bits per heavy atom. The molecule has 0 aliphatic carbocycles. The van der Waals surface area contributed by atoms with Crippen molar-refractivity contribution in [1.82, 2.24) is 10.3 Å². The van der Waals surface area contributed by atoms with E-state index in [9.17, 15) is 4.79 Å². The zero-order chi connectivity index (χ0) is 18.2. The van der Waals surface area contributed by atoms with Gasteiger partial charge in [-0.3, -0.25) is 4.98 Å². The minimum Gasteiger partial charge on any atom is -0.444 e. The molecule has 0 saturated carbocycles. The van der Waals surface area contributed by atoms with Crippen molar-refractivity contribution in [2.24, 2.45) is 0 Å². The molecule has 0 spiro atoms. The number of alkyl carbamates (subject to hydrolysis) is 1. The van der Waals surface area contributed by atoms with Gasteiger partial charge in [-0.05, 0) is 66.1 Å². The van der Waals surface area contributed by atoms with Crippen LogP contribution >= 0.6 is 0 Å². The first-order valence-corrected chi connectivity index (χ1v) is 8.17. The van der Waals surface area contributed by atoms with Crippen LogP contribution < -0.4 is 10.8 Å². The molecule has 6 nitrogen and oxygen atoms in total. The second kappa shape index (κ2) is 6.37. The molecular weight excluding hydrogens is 307 g/mol. The molecule has 1 aliphatic heterocycles. The number of nitrogens with one attached hydrogen (secondary N) is 1. The smallest absolute Gasteiger partial charge is 0.444 e. The summed E-state index contributed by atoms with van der Waals surface area (Å²) in [6, 6.07) is 3.73. The minimum atomic E-state index is -0.526. The first kappa shape index (κ1) is 18.7. The van der Waals surface area contributed by atoms with Crippen molar-refractivity contribution < 1.29 is 18.8 Å². The molecule has 1 aromatic rings. The van der Waals surface area contributed by atoms with Crippen LogP contribution in [0.1, 0.15) is 54.2 Å². The summed E-state index contributed by atoms with van der Waals surface area (Å²) in [5, 5.41) is 2.70. The Morgan fingerprint density at radius 3 is 2.38 bits per heavy atom. The number of amides is 1. The Hall–Kier alpha value is -1.60. The third kappa shape index (κ3) is 4.48. The molecule has 2 heterocycles. The summed E-state index contributed by atoms with van der Waals surface area (Å²) in [7, 11) is -0.446. The van der Waals surface area contributed by atoms with E-state index in [0.29, 0.717) is 5.69 Å². The van der Waals surface area contributed by atoms with E-state index in [1.807, 2.05) is 60.6 Å². The van der Waals surface area contributed by atoms with Crippen molar-refractivity contribution in [3.63, 3.8) is 0 Å². The standard InChI is InChI=1S/C17H27BN2O4/c1-15(2,3)22-14(21)20-11-13-10-12(8-9-19-13)18-23-16(4,5)17(6,7)24-18/h8-10H,11H2,1-7H3,(H,20,21). The van der Waals surface area contributed by atoms with E-state index in [-0.39, 0.29) is 6.54 Å². The van der Waals surface area contributed by atoms with E-state index >= 15 is 0 Å². The van der Waals surface area contributed by atoms with Crippen molar-refractivity contribution in [3.05, 3.63) is 24.0 Å². The van der Waals surface area contributed by atoms with Crippen LogP contribution in [-0.4, -0.2) is 35.0 Å². The molecule has 0 atom stereocenters. The lowest BCUT2D eigenvalue weighted by Gasteiger charge is -2.32. The summed E-state index contributed by atoms with van der Waals surface area (Å²) in [4.78, 5) is 16.0. The van der Waals surface area contributed by atoms with E-state index in [1.54, 1.807) is 6.20 Å².